The number of hydrazone groups is 1. The molecular weight excluding hydrogens is 572 g/mol. The van der Waals surface area contributed by atoms with Gasteiger partial charge in [0.05, 0.1) is 31.6 Å². The topological polar surface area (TPSA) is 128 Å². The van der Waals surface area contributed by atoms with Crippen molar-refractivity contribution in [2.45, 2.75) is 50.0 Å². The number of anilines is 2. The van der Waals surface area contributed by atoms with E-state index in [1.54, 1.807) is 18.2 Å². The molecule has 2 atom stereocenters. The molecule has 3 N–H and O–H groups in total. The Bertz CT molecular complexity index is 1450. The largest absolute Gasteiger partial charge is 0.344 e. The van der Waals surface area contributed by atoms with E-state index in [0.717, 1.165) is 29.8 Å². The summed E-state index contributed by atoms with van der Waals surface area (Å²) in [7, 11) is 0. The minimum atomic E-state index is -2.69. The number of carbonyl (C=O) groups is 2. The highest BCUT2D eigenvalue weighted by Gasteiger charge is 2.44. The molecule has 2 aliphatic heterocycles. The second kappa shape index (κ2) is 11.7. The number of carbonyl (C=O) groups excluding carboxylic acids is 2. The summed E-state index contributed by atoms with van der Waals surface area (Å²) in [6.45, 7) is -0.728. The molecule has 1 saturated heterocycles. The zero-order valence-corrected chi connectivity index (χ0v) is 23.4. The second-order valence-electron chi connectivity index (χ2n) is 10.2. The molecular formula is C26H27F2N9O2S2. The summed E-state index contributed by atoms with van der Waals surface area (Å²) in [5.74, 6) is -2.48. The van der Waals surface area contributed by atoms with Gasteiger partial charge in [0.15, 0.2) is 0 Å². The minimum Gasteiger partial charge on any atom is -0.344 e. The van der Waals surface area contributed by atoms with Crippen molar-refractivity contribution in [3.05, 3.63) is 64.8 Å². The maximum Gasteiger partial charge on any atom is 0.282 e. The van der Waals surface area contributed by atoms with Gasteiger partial charge in [-0.05, 0) is 37.0 Å². The normalized spacial score (nSPS) is 21.6. The lowest BCUT2D eigenvalue weighted by Gasteiger charge is -2.39. The summed E-state index contributed by atoms with van der Waals surface area (Å²) < 4.78 is 28.3. The molecule has 4 heterocycles. The predicted octanol–water partition coefficient (Wildman–Crippen LogP) is 3.30. The van der Waals surface area contributed by atoms with Gasteiger partial charge in [-0.2, -0.15) is 0 Å². The molecule has 1 aliphatic carbocycles. The van der Waals surface area contributed by atoms with Crippen molar-refractivity contribution in [3.63, 3.8) is 0 Å². The Kier molecular flexibility index (Phi) is 7.81. The van der Waals surface area contributed by atoms with Crippen LogP contribution in [0.2, 0.25) is 0 Å². The van der Waals surface area contributed by atoms with Crippen LogP contribution in [0, 0.1) is 0 Å². The second-order valence-corrected chi connectivity index (χ2v) is 12.1. The van der Waals surface area contributed by atoms with Gasteiger partial charge in [-0.15, -0.1) is 19.7 Å². The molecule has 2 amide bonds. The molecule has 3 aromatic rings. The molecule has 2 aromatic heterocycles. The van der Waals surface area contributed by atoms with Gasteiger partial charge in [-0.3, -0.25) is 9.59 Å². The first kappa shape index (κ1) is 27.5. The number of nitrogens with zero attached hydrogens (tertiary/aromatic N) is 6. The van der Waals surface area contributed by atoms with Crippen LogP contribution in [0.15, 0.2) is 53.6 Å². The van der Waals surface area contributed by atoms with Gasteiger partial charge in [0, 0.05) is 23.9 Å². The molecule has 11 nitrogen and oxygen atoms in total. The summed E-state index contributed by atoms with van der Waals surface area (Å²) in [6.07, 6.45) is 2.94. The Morgan fingerprint density at radius 3 is 2.61 bits per heavy atom. The van der Waals surface area contributed by atoms with Gasteiger partial charge in [0.2, 0.25) is 22.1 Å². The highest BCUT2D eigenvalue weighted by Crippen LogP contribution is 2.40. The average Bonchev–Trinajstić information content (AvgIpc) is 3.69. The van der Waals surface area contributed by atoms with Crippen molar-refractivity contribution in [1.82, 2.24) is 30.4 Å². The van der Waals surface area contributed by atoms with E-state index in [-0.39, 0.29) is 49.7 Å². The van der Waals surface area contributed by atoms with Crippen LogP contribution in [0.4, 0.5) is 19.7 Å². The maximum atomic E-state index is 13.2. The zero-order valence-electron chi connectivity index (χ0n) is 21.8. The van der Waals surface area contributed by atoms with Gasteiger partial charge < -0.3 is 15.5 Å². The lowest BCUT2D eigenvalue weighted by atomic mass is 10.1. The van der Waals surface area contributed by atoms with Gasteiger partial charge in [-0.25, -0.2) is 19.3 Å². The van der Waals surface area contributed by atoms with E-state index in [0.29, 0.717) is 21.8 Å². The molecule has 6 rings (SSSR count). The van der Waals surface area contributed by atoms with Crippen molar-refractivity contribution in [2.24, 2.45) is 5.10 Å². The Labute approximate surface area is 242 Å². The number of halogens is 2. The number of alkyl halides is 2. The van der Waals surface area contributed by atoms with Crippen LogP contribution in [0.25, 0.3) is 0 Å². The van der Waals surface area contributed by atoms with Crippen LogP contribution in [0.5, 0.6) is 0 Å². The highest BCUT2D eigenvalue weighted by molar-refractivity contribution is 8.12. The van der Waals surface area contributed by atoms with Crippen molar-refractivity contribution in [1.29, 1.82) is 0 Å². The summed E-state index contributed by atoms with van der Waals surface area (Å²) >= 11 is 2.72. The van der Waals surface area contributed by atoms with Gasteiger partial charge in [-0.1, -0.05) is 47.7 Å². The summed E-state index contributed by atoms with van der Waals surface area (Å²) in [4.78, 5) is 30.8. The summed E-state index contributed by atoms with van der Waals surface area (Å²) in [6, 6.07) is 14.8. The summed E-state index contributed by atoms with van der Waals surface area (Å²) in [5.41, 5.74) is 4.43. The Hall–Kier alpha value is -3.69. The molecule has 0 spiro atoms. The van der Waals surface area contributed by atoms with Crippen molar-refractivity contribution < 1.29 is 18.4 Å². The number of aromatic nitrogens is 3. The third-order valence-corrected chi connectivity index (χ3v) is 8.91. The molecule has 1 saturated carbocycles. The standard InChI is InChI=1S/C26H27F2N9O2S2/c27-26(28)14-36(15-26)20-8-4-7-18(29-20)13-22(39)30-24-33-32-23(40-24)17-9-10-19(12-17)37-35-34-25(41-37)31-21(38)11-16-5-2-1-3-6-16/h1-8,17,19,35H,9-15H2,(H,30,33,39)(H,31,34,38)/t17?,19-/m0/s1. The van der Waals surface area contributed by atoms with E-state index in [9.17, 15) is 18.4 Å². The number of amides is 2. The van der Waals surface area contributed by atoms with Crippen molar-refractivity contribution >= 4 is 51.2 Å². The van der Waals surface area contributed by atoms with Crippen LogP contribution < -0.4 is 21.1 Å². The fraction of sp³-hybridized carbons (Fsp3) is 0.385. The Morgan fingerprint density at radius 2 is 1.80 bits per heavy atom. The Morgan fingerprint density at radius 1 is 1.00 bits per heavy atom. The van der Waals surface area contributed by atoms with Crippen LogP contribution >= 0.6 is 23.3 Å². The van der Waals surface area contributed by atoms with E-state index in [1.165, 1.54) is 28.2 Å². The number of hydrogen-bond acceptors (Lipinski definition) is 11. The number of hydrogen-bond donors (Lipinski definition) is 3. The van der Waals surface area contributed by atoms with Crippen molar-refractivity contribution in [3.8, 4) is 0 Å². The van der Waals surface area contributed by atoms with Gasteiger partial charge in [0.25, 0.3) is 5.92 Å². The molecule has 214 valence electrons. The quantitative estimate of drug-likeness (QED) is 0.334. The number of hydrazine groups is 1. The van der Waals surface area contributed by atoms with Crippen LogP contribution in [-0.2, 0) is 22.4 Å². The lowest BCUT2D eigenvalue weighted by molar-refractivity contribution is -0.119. The SMILES string of the molecule is O=C(Cc1ccccc1)NC1=NNN([C@H]2CCC(c3nnc(NC(=O)Cc4cccc(N5CC(F)(F)C5)n4)s3)C2)S1. The van der Waals surface area contributed by atoms with E-state index in [4.69, 9.17) is 0 Å². The fourth-order valence-electron chi connectivity index (χ4n) is 4.97. The molecule has 0 radical (unpaired) electrons. The predicted molar refractivity (Wildman–Crippen MR) is 152 cm³/mol. The Balaban J connectivity index is 0.956. The third kappa shape index (κ3) is 6.80. The van der Waals surface area contributed by atoms with Crippen LogP contribution in [0.1, 0.15) is 41.4 Å². The molecule has 2 fully saturated rings. The zero-order chi connectivity index (χ0) is 28.4. The molecule has 1 aromatic carbocycles. The van der Waals surface area contributed by atoms with Gasteiger partial charge in [0.1, 0.15) is 10.8 Å². The average molecular weight is 600 g/mol. The molecule has 3 aliphatic rings. The first-order valence-electron chi connectivity index (χ1n) is 13.2. The van der Waals surface area contributed by atoms with Crippen molar-refractivity contribution in [2.75, 3.05) is 23.3 Å². The monoisotopic (exact) mass is 599 g/mol. The maximum absolute atomic E-state index is 13.2. The smallest absolute Gasteiger partial charge is 0.282 e. The number of benzene rings is 1. The van der Waals surface area contributed by atoms with Crippen LogP contribution in [-0.4, -0.2) is 61.6 Å². The van der Waals surface area contributed by atoms with Gasteiger partial charge >= 0.3 is 0 Å². The number of nitrogens with one attached hydrogen (secondary N) is 3. The molecule has 0 bridgehead atoms. The van der Waals surface area contributed by atoms with Crippen LogP contribution in [0.3, 0.4) is 0 Å². The molecule has 1 unspecified atom stereocenters. The summed E-state index contributed by atoms with van der Waals surface area (Å²) in [5, 5.41) is 20.1. The van der Waals surface area contributed by atoms with E-state index < -0.39 is 5.92 Å². The number of rotatable bonds is 8. The van der Waals surface area contributed by atoms with E-state index >= 15 is 0 Å². The number of pyridine rings is 1. The first-order chi connectivity index (χ1) is 19.8. The third-order valence-electron chi connectivity index (χ3n) is 6.96. The first-order valence-corrected chi connectivity index (χ1v) is 14.7. The molecule has 15 heteroatoms. The van der Waals surface area contributed by atoms with E-state index in [1.807, 2.05) is 34.7 Å². The number of amidine groups is 1. The fourth-order valence-corrected chi connectivity index (χ4v) is 6.73. The highest BCUT2D eigenvalue weighted by atomic mass is 32.2. The molecule has 41 heavy (non-hydrogen) atoms. The van der Waals surface area contributed by atoms with E-state index in [2.05, 4.69) is 36.5 Å². The lowest BCUT2D eigenvalue weighted by Crippen LogP contribution is -2.56. The minimum absolute atomic E-state index is 0.000557.